The van der Waals surface area contributed by atoms with Gasteiger partial charge in [-0.2, -0.15) is 0 Å². The lowest BCUT2D eigenvalue weighted by Crippen LogP contribution is -2.35. The average molecular weight is 291 g/mol. The molecule has 20 heavy (non-hydrogen) atoms. The monoisotopic (exact) mass is 291 g/mol. The lowest BCUT2D eigenvalue weighted by atomic mass is 9.80. The second-order valence-electron chi connectivity index (χ2n) is 5.93. The second kappa shape index (κ2) is 6.57. The first-order chi connectivity index (χ1) is 9.11. The molecule has 0 aliphatic carbocycles. The van der Waals surface area contributed by atoms with Crippen molar-refractivity contribution in [1.82, 2.24) is 5.32 Å². The van der Waals surface area contributed by atoms with Crippen LogP contribution in [-0.4, -0.2) is 26.1 Å². The van der Waals surface area contributed by atoms with E-state index < -0.39 is 11.7 Å². The maximum Gasteiger partial charge on any atom is 0.407 e. The van der Waals surface area contributed by atoms with Crippen LogP contribution in [0.4, 0.5) is 4.79 Å². The van der Waals surface area contributed by atoms with Crippen LogP contribution in [-0.2, 0) is 4.74 Å². The summed E-state index contributed by atoms with van der Waals surface area (Å²) in [6.07, 6.45) is -0.461. The Morgan fingerprint density at radius 3 is 2.55 bits per heavy atom. The summed E-state index contributed by atoms with van der Waals surface area (Å²) >= 11 is 4.51. The molecule has 0 spiro atoms. The molecule has 1 rings (SSSR count). The van der Waals surface area contributed by atoms with Crippen molar-refractivity contribution in [3.8, 4) is 0 Å². The lowest BCUT2D eigenvalue weighted by Gasteiger charge is -2.22. The van der Waals surface area contributed by atoms with Gasteiger partial charge >= 0.3 is 6.09 Å². The molecule has 0 bridgehead atoms. The summed E-state index contributed by atoms with van der Waals surface area (Å²) in [5, 5.41) is 2.68. The zero-order chi connectivity index (χ0) is 15.5. The van der Waals surface area contributed by atoms with Gasteiger partial charge in [-0.15, -0.1) is 12.6 Å². The summed E-state index contributed by atoms with van der Waals surface area (Å²) in [6, 6.07) is 3.96. The van der Waals surface area contributed by atoms with Gasteiger partial charge in [0.2, 0.25) is 0 Å². The quantitative estimate of drug-likeness (QED) is 0.662. The first-order valence-electron chi connectivity index (χ1n) is 6.63. The number of thiol groups is 1. The molecule has 0 aliphatic heterocycles. The van der Waals surface area contributed by atoms with Gasteiger partial charge in [0.05, 0.1) is 7.85 Å². The fraction of sp³-hybridized carbons (Fsp3) is 0.533. The minimum Gasteiger partial charge on any atom is -0.444 e. The Bertz CT molecular complexity index is 497. The maximum absolute atomic E-state index is 11.6. The van der Waals surface area contributed by atoms with Gasteiger partial charge in [-0.05, 0) is 57.1 Å². The third-order valence-corrected chi connectivity index (χ3v) is 3.59. The van der Waals surface area contributed by atoms with E-state index >= 15 is 0 Å². The summed E-state index contributed by atoms with van der Waals surface area (Å²) in [4.78, 5) is 12.5. The van der Waals surface area contributed by atoms with E-state index in [2.05, 4.69) is 17.9 Å². The van der Waals surface area contributed by atoms with Gasteiger partial charge < -0.3 is 10.1 Å². The number of hydrogen-bond acceptors (Lipinski definition) is 3. The Morgan fingerprint density at radius 1 is 1.40 bits per heavy atom. The summed E-state index contributed by atoms with van der Waals surface area (Å²) in [5.41, 5.74) is 2.70. The van der Waals surface area contributed by atoms with Gasteiger partial charge in [0, 0.05) is 11.4 Å². The largest absolute Gasteiger partial charge is 0.444 e. The number of nitrogens with one attached hydrogen (secondary N) is 1. The van der Waals surface area contributed by atoms with Crippen molar-refractivity contribution in [3.05, 3.63) is 28.8 Å². The Balaban J connectivity index is 2.66. The Kier molecular flexibility index (Phi) is 5.57. The van der Waals surface area contributed by atoms with Gasteiger partial charge in [-0.25, -0.2) is 4.79 Å². The Morgan fingerprint density at radius 2 is 2.00 bits per heavy atom. The lowest BCUT2D eigenvalue weighted by molar-refractivity contribution is 0.0527. The fourth-order valence-electron chi connectivity index (χ4n) is 1.74. The average Bonchev–Trinajstić information content (AvgIpc) is 2.31. The van der Waals surface area contributed by atoms with Crippen molar-refractivity contribution in [1.29, 1.82) is 0 Å². The molecule has 2 radical (unpaired) electrons. The third-order valence-electron chi connectivity index (χ3n) is 3.00. The van der Waals surface area contributed by atoms with Crippen LogP contribution in [0.2, 0.25) is 0 Å². The Hall–Kier alpha value is -1.10. The van der Waals surface area contributed by atoms with Gasteiger partial charge in [-0.3, -0.25) is 0 Å². The highest BCUT2D eigenvalue weighted by Crippen LogP contribution is 2.26. The van der Waals surface area contributed by atoms with Crippen LogP contribution in [0.1, 0.15) is 43.3 Å². The number of aryl methyl sites for hydroxylation is 1. The summed E-state index contributed by atoms with van der Waals surface area (Å²) in [7, 11) is 6.11. The smallest absolute Gasteiger partial charge is 0.407 e. The minimum absolute atomic E-state index is 0.310. The van der Waals surface area contributed by atoms with Crippen molar-refractivity contribution < 1.29 is 9.53 Å². The van der Waals surface area contributed by atoms with E-state index in [1.54, 1.807) is 0 Å². The molecule has 1 N–H and O–H groups in total. The molecule has 1 unspecified atom stereocenters. The van der Waals surface area contributed by atoms with Crippen molar-refractivity contribution in [3.63, 3.8) is 0 Å². The number of rotatable bonds is 3. The van der Waals surface area contributed by atoms with Crippen LogP contribution in [0.5, 0.6) is 0 Å². The summed E-state index contributed by atoms with van der Waals surface area (Å²) < 4.78 is 5.17. The molecular formula is C15H22BNO2S. The first-order valence-corrected chi connectivity index (χ1v) is 7.08. The van der Waals surface area contributed by atoms with Gasteiger partial charge in [0.25, 0.3) is 0 Å². The molecule has 3 nitrogen and oxygen atoms in total. The molecule has 0 saturated carbocycles. The molecule has 1 amide bonds. The number of carbonyl (C=O) groups excluding carboxylic acids is 1. The van der Waals surface area contributed by atoms with E-state index in [0.717, 1.165) is 16.0 Å². The van der Waals surface area contributed by atoms with Crippen LogP contribution in [0, 0.1) is 13.8 Å². The van der Waals surface area contributed by atoms with Gasteiger partial charge in [0.15, 0.2) is 0 Å². The van der Waals surface area contributed by atoms with Crippen LogP contribution >= 0.6 is 12.6 Å². The molecule has 1 aromatic carbocycles. The van der Waals surface area contributed by atoms with E-state index in [1.165, 1.54) is 5.56 Å². The summed E-state index contributed by atoms with van der Waals surface area (Å²) in [5.74, 6) is -0.311. The minimum atomic E-state index is -0.511. The predicted molar refractivity (Wildman–Crippen MR) is 85.9 cm³/mol. The number of benzene rings is 1. The normalized spacial score (nSPS) is 12.9. The molecular weight excluding hydrogens is 269 g/mol. The van der Waals surface area contributed by atoms with Crippen molar-refractivity contribution >= 4 is 26.6 Å². The van der Waals surface area contributed by atoms with E-state index in [9.17, 15) is 4.79 Å². The standard InChI is InChI=1S/C15H22BNO2S/c1-9-6-7-11(13(20)10(9)2)12(16)8-17-14(18)19-15(3,4)5/h6-7,12,20H,8H2,1-5H3,(H,17,18). The van der Waals surface area contributed by atoms with E-state index in [0.29, 0.717) is 6.54 Å². The molecule has 1 aromatic rings. The molecule has 0 aliphatic rings. The van der Waals surface area contributed by atoms with Crippen LogP contribution < -0.4 is 5.32 Å². The van der Waals surface area contributed by atoms with Crippen LogP contribution in [0.3, 0.4) is 0 Å². The highest BCUT2D eigenvalue weighted by molar-refractivity contribution is 7.80. The van der Waals surface area contributed by atoms with Crippen molar-refractivity contribution in [2.75, 3.05) is 6.54 Å². The van der Waals surface area contributed by atoms with Crippen LogP contribution in [0.15, 0.2) is 17.0 Å². The molecule has 0 fully saturated rings. The Labute approximate surface area is 128 Å². The van der Waals surface area contributed by atoms with Crippen molar-refractivity contribution in [2.45, 2.75) is 50.9 Å². The number of amides is 1. The van der Waals surface area contributed by atoms with E-state index in [4.69, 9.17) is 12.6 Å². The molecule has 0 saturated heterocycles. The zero-order valence-electron chi connectivity index (χ0n) is 12.8. The third kappa shape index (κ3) is 4.78. The highest BCUT2D eigenvalue weighted by atomic mass is 32.1. The maximum atomic E-state index is 11.6. The summed E-state index contributed by atoms with van der Waals surface area (Å²) in [6.45, 7) is 9.81. The number of alkyl carbamates (subject to hydrolysis) is 1. The number of hydrogen-bond donors (Lipinski definition) is 2. The first kappa shape index (κ1) is 17.0. The van der Waals surface area contributed by atoms with Crippen LogP contribution in [0.25, 0.3) is 0 Å². The molecule has 0 heterocycles. The number of carbonyl (C=O) groups is 1. The van der Waals surface area contributed by atoms with Crippen molar-refractivity contribution in [2.24, 2.45) is 0 Å². The molecule has 0 aromatic heterocycles. The van der Waals surface area contributed by atoms with Gasteiger partial charge in [-0.1, -0.05) is 12.1 Å². The van der Waals surface area contributed by atoms with Gasteiger partial charge in [0.1, 0.15) is 5.60 Å². The fourth-order valence-corrected chi connectivity index (χ4v) is 2.16. The van der Waals surface area contributed by atoms with E-state index in [1.807, 2.05) is 46.8 Å². The topological polar surface area (TPSA) is 38.3 Å². The zero-order valence-corrected chi connectivity index (χ0v) is 13.7. The highest BCUT2D eigenvalue weighted by Gasteiger charge is 2.17. The molecule has 5 heteroatoms. The second-order valence-corrected chi connectivity index (χ2v) is 6.38. The SMILES string of the molecule is [B]C(CNC(=O)OC(C)(C)C)c1ccc(C)c(C)c1S. The predicted octanol–water partition coefficient (Wildman–Crippen LogP) is 3.33. The number of ether oxygens (including phenoxy) is 1. The molecule has 1 atom stereocenters. The molecule has 108 valence electrons. The van der Waals surface area contributed by atoms with E-state index in [-0.39, 0.29) is 5.82 Å².